The lowest BCUT2D eigenvalue weighted by molar-refractivity contribution is 0.0993. The molecule has 0 saturated heterocycles. The molecule has 2 aromatic rings. The van der Waals surface area contributed by atoms with E-state index in [0.29, 0.717) is 5.69 Å². The summed E-state index contributed by atoms with van der Waals surface area (Å²) in [5.74, 6) is -0.486. The summed E-state index contributed by atoms with van der Waals surface area (Å²) in [7, 11) is 0. The number of hydrogen-bond acceptors (Lipinski definition) is 2. The first-order chi connectivity index (χ1) is 5.29. The van der Waals surface area contributed by atoms with Crippen molar-refractivity contribution in [3.05, 3.63) is 24.2 Å². The van der Waals surface area contributed by atoms with Crippen LogP contribution in [0.4, 0.5) is 0 Å². The van der Waals surface area contributed by atoms with E-state index in [9.17, 15) is 4.79 Å². The zero-order chi connectivity index (χ0) is 7.84. The Morgan fingerprint density at radius 2 is 2.55 bits per heavy atom. The fourth-order valence-corrected chi connectivity index (χ4v) is 0.984. The normalized spacial score (nSPS) is 10.5. The van der Waals surface area contributed by atoms with Crippen molar-refractivity contribution < 1.29 is 4.79 Å². The minimum Gasteiger partial charge on any atom is -0.364 e. The number of nitrogens with zero attached hydrogens (tertiary/aromatic N) is 2. The lowest BCUT2D eigenvalue weighted by Crippen LogP contribution is -2.13. The number of carbonyl (C=O) groups excluding carboxylic acids is 1. The van der Waals surface area contributed by atoms with E-state index in [-0.39, 0.29) is 0 Å². The molecule has 0 aliphatic rings. The smallest absolute Gasteiger partial charge is 0.268 e. The molecular weight excluding hydrogens is 144 g/mol. The Kier molecular flexibility index (Phi) is 1.00. The van der Waals surface area contributed by atoms with Gasteiger partial charge in [-0.25, -0.2) is 4.52 Å². The van der Waals surface area contributed by atoms with E-state index in [1.54, 1.807) is 12.3 Å². The van der Waals surface area contributed by atoms with Gasteiger partial charge in [0.25, 0.3) is 5.91 Å². The quantitative estimate of drug-likeness (QED) is 0.588. The molecule has 0 atom stereocenters. The number of H-pyrrole nitrogens is 1. The lowest BCUT2D eigenvalue weighted by atomic mass is 10.5. The minimum atomic E-state index is -0.486. The largest absolute Gasteiger partial charge is 0.364 e. The van der Waals surface area contributed by atoms with Crippen LogP contribution in [0.15, 0.2) is 18.5 Å². The second kappa shape index (κ2) is 1.85. The van der Waals surface area contributed by atoms with Gasteiger partial charge in [0, 0.05) is 12.3 Å². The van der Waals surface area contributed by atoms with E-state index in [0.717, 1.165) is 5.65 Å². The summed E-state index contributed by atoms with van der Waals surface area (Å²) in [5.41, 5.74) is 6.19. The molecule has 5 nitrogen and oxygen atoms in total. The molecule has 0 bridgehead atoms. The van der Waals surface area contributed by atoms with Gasteiger partial charge in [-0.3, -0.25) is 4.79 Å². The van der Waals surface area contributed by atoms with Crippen LogP contribution in [0.5, 0.6) is 0 Å². The molecule has 11 heavy (non-hydrogen) atoms. The highest BCUT2D eigenvalue weighted by Crippen LogP contribution is 2.02. The van der Waals surface area contributed by atoms with Crippen molar-refractivity contribution in [3.63, 3.8) is 0 Å². The summed E-state index contributed by atoms with van der Waals surface area (Å²) in [4.78, 5) is 13.6. The third-order valence-electron chi connectivity index (χ3n) is 1.48. The first-order valence-corrected chi connectivity index (χ1v) is 3.10. The second-order valence-corrected chi connectivity index (χ2v) is 2.17. The number of imidazole rings is 1. The van der Waals surface area contributed by atoms with Gasteiger partial charge in [0.05, 0.1) is 6.20 Å². The van der Waals surface area contributed by atoms with Crippen LogP contribution >= 0.6 is 0 Å². The SMILES string of the molecule is NC(=O)c1c[nH]c2ccnn12. The summed E-state index contributed by atoms with van der Waals surface area (Å²) in [6.07, 6.45) is 3.13. The highest BCUT2D eigenvalue weighted by atomic mass is 16.1. The van der Waals surface area contributed by atoms with E-state index in [1.165, 1.54) is 10.7 Å². The first-order valence-electron chi connectivity index (χ1n) is 3.10. The Bertz CT molecular complexity index is 399. The number of hydrogen-bond donors (Lipinski definition) is 2. The van der Waals surface area contributed by atoms with Crippen molar-refractivity contribution in [2.24, 2.45) is 5.73 Å². The van der Waals surface area contributed by atoms with Crippen LogP contribution in [0.2, 0.25) is 0 Å². The van der Waals surface area contributed by atoms with Crippen molar-refractivity contribution >= 4 is 11.6 Å². The van der Waals surface area contributed by atoms with Gasteiger partial charge in [0.1, 0.15) is 11.3 Å². The Balaban J connectivity index is 2.78. The predicted molar refractivity (Wildman–Crippen MR) is 38.1 cm³/mol. The van der Waals surface area contributed by atoms with Crippen LogP contribution in [-0.2, 0) is 0 Å². The van der Waals surface area contributed by atoms with Crippen LogP contribution in [-0.4, -0.2) is 20.5 Å². The van der Waals surface area contributed by atoms with Gasteiger partial charge in [-0.05, 0) is 0 Å². The molecule has 2 heterocycles. The van der Waals surface area contributed by atoms with Crippen LogP contribution in [0, 0.1) is 0 Å². The summed E-state index contributed by atoms with van der Waals surface area (Å²) in [5, 5.41) is 3.88. The van der Waals surface area contributed by atoms with E-state index < -0.39 is 5.91 Å². The molecule has 0 aliphatic carbocycles. The molecule has 0 fully saturated rings. The van der Waals surface area contributed by atoms with Gasteiger partial charge in [-0.15, -0.1) is 0 Å². The van der Waals surface area contributed by atoms with Crippen LogP contribution in [0.3, 0.4) is 0 Å². The number of nitrogens with one attached hydrogen (secondary N) is 1. The zero-order valence-corrected chi connectivity index (χ0v) is 5.61. The predicted octanol–water partition coefficient (Wildman–Crippen LogP) is -0.239. The standard InChI is InChI=1S/C6H6N4O/c7-6(11)4-3-8-5-1-2-9-10(4)5/h1-3,8H,(H2,7,11). The molecular formula is C6H6N4O. The lowest BCUT2D eigenvalue weighted by Gasteiger charge is -1.87. The number of amides is 1. The number of nitrogens with two attached hydrogens (primary N) is 1. The second-order valence-electron chi connectivity index (χ2n) is 2.17. The Labute approximate surface area is 61.8 Å². The number of aromatic nitrogens is 3. The number of primary amides is 1. The summed E-state index contributed by atoms with van der Waals surface area (Å²) >= 11 is 0. The van der Waals surface area contributed by atoms with Crippen molar-refractivity contribution in [1.29, 1.82) is 0 Å². The van der Waals surface area contributed by atoms with Crippen molar-refractivity contribution in [2.45, 2.75) is 0 Å². The van der Waals surface area contributed by atoms with Gasteiger partial charge in [-0.1, -0.05) is 0 Å². The minimum absolute atomic E-state index is 0.366. The molecule has 2 rings (SSSR count). The van der Waals surface area contributed by atoms with Crippen molar-refractivity contribution in [3.8, 4) is 0 Å². The van der Waals surface area contributed by atoms with Gasteiger partial charge in [0.2, 0.25) is 0 Å². The first kappa shape index (κ1) is 5.96. The number of carbonyl (C=O) groups is 1. The molecule has 0 spiro atoms. The summed E-state index contributed by atoms with van der Waals surface area (Å²) < 4.78 is 1.46. The Hall–Kier alpha value is -1.78. The third kappa shape index (κ3) is 0.706. The fraction of sp³-hybridized carbons (Fsp3) is 0. The van der Waals surface area contributed by atoms with Gasteiger partial charge >= 0.3 is 0 Å². The van der Waals surface area contributed by atoms with Crippen LogP contribution in [0.1, 0.15) is 10.5 Å². The van der Waals surface area contributed by atoms with Crippen molar-refractivity contribution in [1.82, 2.24) is 14.6 Å². The monoisotopic (exact) mass is 150 g/mol. The third-order valence-corrected chi connectivity index (χ3v) is 1.48. The Morgan fingerprint density at radius 1 is 1.73 bits per heavy atom. The molecule has 0 unspecified atom stereocenters. The zero-order valence-electron chi connectivity index (χ0n) is 5.61. The number of aromatic amines is 1. The molecule has 5 heteroatoms. The van der Waals surface area contributed by atoms with Gasteiger partial charge < -0.3 is 10.7 Å². The topological polar surface area (TPSA) is 76.2 Å². The molecule has 1 amide bonds. The average molecular weight is 150 g/mol. The van der Waals surface area contributed by atoms with Crippen LogP contribution < -0.4 is 5.73 Å². The van der Waals surface area contributed by atoms with Gasteiger partial charge in [0.15, 0.2) is 0 Å². The molecule has 56 valence electrons. The maximum atomic E-state index is 10.7. The summed E-state index contributed by atoms with van der Waals surface area (Å²) in [6.45, 7) is 0. The summed E-state index contributed by atoms with van der Waals surface area (Å²) in [6, 6.07) is 1.76. The fourth-order valence-electron chi connectivity index (χ4n) is 0.984. The number of rotatable bonds is 1. The van der Waals surface area contributed by atoms with E-state index in [2.05, 4.69) is 10.1 Å². The van der Waals surface area contributed by atoms with E-state index in [4.69, 9.17) is 5.73 Å². The maximum absolute atomic E-state index is 10.7. The molecule has 3 N–H and O–H groups in total. The maximum Gasteiger partial charge on any atom is 0.268 e. The number of fused-ring (bicyclic) bond motifs is 1. The van der Waals surface area contributed by atoms with E-state index >= 15 is 0 Å². The van der Waals surface area contributed by atoms with E-state index in [1.807, 2.05) is 0 Å². The molecule has 0 aliphatic heterocycles. The molecule has 0 saturated carbocycles. The molecule has 0 aromatic carbocycles. The highest BCUT2D eigenvalue weighted by molar-refractivity contribution is 5.91. The Morgan fingerprint density at radius 3 is 3.27 bits per heavy atom. The average Bonchev–Trinajstić information content (AvgIpc) is 2.41. The highest BCUT2D eigenvalue weighted by Gasteiger charge is 2.07. The molecule has 0 radical (unpaired) electrons. The molecule has 2 aromatic heterocycles. The van der Waals surface area contributed by atoms with Gasteiger partial charge in [-0.2, -0.15) is 5.10 Å². The van der Waals surface area contributed by atoms with Crippen molar-refractivity contribution in [2.75, 3.05) is 0 Å². The van der Waals surface area contributed by atoms with Crippen LogP contribution in [0.25, 0.3) is 5.65 Å².